The highest BCUT2D eigenvalue weighted by molar-refractivity contribution is 5.37. The minimum Gasteiger partial charge on any atom is -0.490 e. The van der Waals surface area contributed by atoms with Gasteiger partial charge in [-0.3, -0.25) is 0 Å². The fraction of sp³-hybridized carbons (Fsp3) is 0.250. The number of ether oxygens (including phenoxy) is 1. The molecule has 2 aromatic rings. The van der Waals surface area contributed by atoms with Gasteiger partial charge in [0, 0.05) is 5.56 Å². The maximum atomic E-state index is 13.7. The standard InChI is InChI=1S/C16H16FNO/c17-15-7-2-1-6-14(15)16(18)11-4-3-5-13(10-11)19-12-8-9-12/h1-7,10,12,16H,8-9,18H2. The van der Waals surface area contributed by atoms with E-state index in [0.29, 0.717) is 11.7 Å². The maximum absolute atomic E-state index is 13.7. The molecule has 3 heteroatoms. The first-order valence-electron chi connectivity index (χ1n) is 6.50. The molecule has 3 rings (SSSR count). The average Bonchev–Trinajstić information content (AvgIpc) is 3.23. The van der Waals surface area contributed by atoms with Crippen LogP contribution in [0.5, 0.6) is 5.75 Å². The Morgan fingerprint density at radius 1 is 1.11 bits per heavy atom. The summed E-state index contributed by atoms with van der Waals surface area (Å²) >= 11 is 0. The highest BCUT2D eigenvalue weighted by Gasteiger charge is 2.23. The van der Waals surface area contributed by atoms with Gasteiger partial charge in [-0.15, -0.1) is 0 Å². The topological polar surface area (TPSA) is 35.2 Å². The normalized spacial score (nSPS) is 16.1. The summed E-state index contributed by atoms with van der Waals surface area (Å²) in [5.41, 5.74) is 7.51. The van der Waals surface area contributed by atoms with Crippen LogP contribution in [-0.4, -0.2) is 6.10 Å². The van der Waals surface area contributed by atoms with E-state index in [-0.39, 0.29) is 5.82 Å². The largest absolute Gasteiger partial charge is 0.490 e. The maximum Gasteiger partial charge on any atom is 0.128 e. The van der Waals surface area contributed by atoms with E-state index in [1.165, 1.54) is 6.07 Å². The molecule has 0 bridgehead atoms. The third kappa shape index (κ3) is 2.76. The van der Waals surface area contributed by atoms with E-state index in [0.717, 1.165) is 24.2 Å². The lowest BCUT2D eigenvalue weighted by Crippen LogP contribution is -2.13. The van der Waals surface area contributed by atoms with Gasteiger partial charge >= 0.3 is 0 Å². The van der Waals surface area contributed by atoms with Gasteiger partial charge in [0.1, 0.15) is 11.6 Å². The molecule has 1 saturated carbocycles. The lowest BCUT2D eigenvalue weighted by atomic mass is 9.99. The lowest BCUT2D eigenvalue weighted by molar-refractivity contribution is 0.303. The molecule has 1 unspecified atom stereocenters. The molecule has 2 aromatic carbocycles. The van der Waals surface area contributed by atoms with Crippen molar-refractivity contribution in [2.24, 2.45) is 5.73 Å². The molecule has 0 radical (unpaired) electrons. The Morgan fingerprint density at radius 2 is 1.89 bits per heavy atom. The molecular weight excluding hydrogens is 241 g/mol. The van der Waals surface area contributed by atoms with Gasteiger partial charge in [-0.25, -0.2) is 4.39 Å². The molecule has 0 amide bonds. The van der Waals surface area contributed by atoms with Crippen molar-refractivity contribution in [3.63, 3.8) is 0 Å². The Labute approximate surface area is 112 Å². The summed E-state index contributed by atoms with van der Waals surface area (Å²) in [5.74, 6) is 0.537. The second kappa shape index (κ2) is 5.02. The third-order valence-corrected chi connectivity index (χ3v) is 3.28. The summed E-state index contributed by atoms with van der Waals surface area (Å²) in [6.07, 6.45) is 2.58. The van der Waals surface area contributed by atoms with E-state index in [9.17, 15) is 4.39 Å². The number of benzene rings is 2. The minimum atomic E-state index is -0.469. The zero-order valence-electron chi connectivity index (χ0n) is 10.6. The molecule has 1 atom stereocenters. The van der Waals surface area contributed by atoms with Crippen LogP contribution in [-0.2, 0) is 0 Å². The molecule has 2 N–H and O–H groups in total. The summed E-state index contributed by atoms with van der Waals surface area (Å²) in [7, 11) is 0. The van der Waals surface area contributed by atoms with E-state index < -0.39 is 6.04 Å². The second-order valence-corrected chi connectivity index (χ2v) is 4.89. The van der Waals surface area contributed by atoms with Gasteiger partial charge in [0.05, 0.1) is 12.1 Å². The first-order valence-corrected chi connectivity index (χ1v) is 6.50. The molecule has 1 fully saturated rings. The SMILES string of the molecule is NC(c1cccc(OC2CC2)c1)c1ccccc1F. The fourth-order valence-corrected chi connectivity index (χ4v) is 2.07. The molecule has 0 saturated heterocycles. The van der Waals surface area contributed by atoms with Crippen molar-refractivity contribution in [1.82, 2.24) is 0 Å². The fourth-order valence-electron chi connectivity index (χ4n) is 2.07. The van der Waals surface area contributed by atoms with Crippen LogP contribution in [0.1, 0.15) is 30.0 Å². The van der Waals surface area contributed by atoms with Crippen LogP contribution in [0.25, 0.3) is 0 Å². The highest BCUT2D eigenvalue weighted by atomic mass is 19.1. The number of rotatable bonds is 4. The van der Waals surface area contributed by atoms with Gasteiger partial charge in [0.15, 0.2) is 0 Å². The van der Waals surface area contributed by atoms with Crippen molar-refractivity contribution in [3.05, 3.63) is 65.5 Å². The van der Waals surface area contributed by atoms with E-state index >= 15 is 0 Å². The van der Waals surface area contributed by atoms with Crippen molar-refractivity contribution < 1.29 is 9.13 Å². The Hall–Kier alpha value is -1.87. The summed E-state index contributed by atoms with van der Waals surface area (Å²) in [5, 5.41) is 0. The van der Waals surface area contributed by atoms with Gasteiger partial charge < -0.3 is 10.5 Å². The summed E-state index contributed by atoms with van der Waals surface area (Å²) in [6, 6.07) is 13.7. The molecule has 1 aliphatic rings. The quantitative estimate of drug-likeness (QED) is 0.911. The zero-order valence-corrected chi connectivity index (χ0v) is 10.6. The second-order valence-electron chi connectivity index (χ2n) is 4.89. The summed E-state index contributed by atoms with van der Waals surface area (Å²) < 4.78 is 19.5. The predicted octanol–water partition coefficient (Wildman–Crippen LogP) is 3.42. The van der Waals surface area contributed by atoms with Crippen molar-refractivity contribution in [3.8, 4) is 5.75 Å². The van der Waals surface area contributed by atoms with E-state index in [2.05, 4.69) is 0 Å². The van der Waals surface area contributed by atoms with Crippen LogP contribution in [0.3, 0.4) is 0 Å². The monoisotopic (exact) mass is 257 g/mol. The lowest BCUT2D eigenvalue weighted by Gasteiger charge is -2.14. The Kier molecular flexibility index (Phi) is 3.22. The minimum absolute atomic E-state index is 0.275. The Morgan fingerprint density at radius 3 is 2.63 bits per heavy atom. The van der Waals surface area contributed by atoms with Crippen LogP contribution in [0.15, 0.2) is 48.5 Å². The molecule has 0 aromatic heterocycles. The van der Waals surface area contributed by atoms with E-state index in [4.69, 9.17) is 10.5 Å². The molecule has 1 aliphatic carbocycles. The van der Waals surface area contributed by atoms with E-state index in [1.807, 2.05) is 24.3 Å². The van der Waals surface area contributed by atoms with Gasteiger partial charge in [-0.05, 0) is 36.6 Å². The Bertz CT molecular complexity index is 580. The predicted molar refractivity (Wildman–Crippen MR) is 72.5 cm³/mol. The third-order valence-electron chi connectivity index (χ3n) is 3.28. The number of hydrogen-bond acceptors (Lipinski definition) is 2. The number of hydrogen-bond donors (Lipinski definition) is 1. The first-order chi connectivity index (χ1) is 9.24. The molecule has 2 nitrogen and oxygen atoms in total. The zero-order chi connectivity index (χ0) is 13.2. The molecule has 0 aliphatic heterocycles. The van der Waals surface area contributed by atoms with Gasteiger partial charge in [0.2, 0.25) is 0 Å². The van der Waals surface area contributed by atoms with Crippen molar-refractivity contribution in [2.45, 2.75) is 25.0 Å². The smallest absolute Gasteiger partial charge is 0.128 e. The van der Waals surface area contributed by atoms with E-state index in [1.54, 1.807) is 18.2 Å². The first kappa shape index (κ1) is 12.2. The van der Waals surface area contributed by atoms with Crippen molar-refractivity contribution >= 4 is 0 Å². The van der Waals surface area contributed by atoms with Crippen LogP contribution in [0, 0.1) is 5.82 Å². The molecular formula is C16H16FNO. The van der Waals surface area contributed by atoms with Crippen LogP contribution in [0.2, 0.25) is 0 Å². The number of nitrogens with two attached hydrogens (primary N) is 1. The van der Waals surface area contributed by atoms with Gasteiger partial charge in [-0.1, -0.05) is 30.3 Å². The van der Waals surface area contributed by atoms with Crippen molar-refractivity contribution in [2.75, 3.05) is 0 Å². The van der Waals surface area contributed by atoms with Gasteiger partial charge in [-0.2, -0.15) is 0 Å². The molecule has 0 spiro atoms. The summed E-state index contributed by atoms with van der Waals surface area (Å²) in [4.78, 5) is 0. The molecule has 19 heavy (non-hydrogen) atoms. The molecule has 98 valence electrons. The summed E-state index contributed by atoms with van der Waals surface area (Å²) in [6.45, 7) is 0. The van der Waals surface area contributed by atoms with Crippen molar-refractivity contribution in [1.29, 1.82) is 0 Å². The van der Waals surface area contributed by atoms with Crippen LogP contribution in [0.4, 0.5) is 4.39 Å². The number of halogens is 1. The van der Waals surface area contributed by atoms with Gasteiger partial charge in [0.25, 0.3) is 0 Å². The molecule has 0 heterocycles. The Balaban J connectivity index is 1.86. The average molecular weight is 257 g/mol. The van der Waals surface area contributed by atoms with Crippen LogP contribution >= 0.6 is 0 Å². The van der Waals surface area contributed by atoms with Crippen LogP contribution < -0.4 is 10.5 Å². The highest BCUT2D eigenvalue weighted by Crippen LogP contribution is 2.29.